The van der Waals surface area contributed by atoms with Crippen LogP contribution in [0.15, 0.2) is 12.3 Å². The van der Waals surface area contributed by atoms with E-state index in [-0.39, 0.29) is 17.4 Å². The van der Waals surface area contributed by atoms with Gasteiger partial charge < -0.3 is 0 Å². The molecule has 6 nitrogen and oxygen atoms in total. The lowest BCUT2D eigenvalue weighted by Gasteiger charge is -2.08. The highest BCUT2D eigenvalue weighted by Gasteiger charge is 2.12. The second kappa shape index (κ2) is 15.5. The molecule has 0 saturated heterocycles. The van der Waals surface area contributed by atoms with Crippen LogP contribution in [0, 0.1) is 32.1 Å². The minimum atomic E-state index is -0.500. The quantitative estimate of drug-likeness (QED) is 0.570. The first kappa shape index (κ1) is 21.8. The largest absolute Gasteiger partial charge is 0.265 e. The molecule has 0 aromatic heterocycles. The third-order valence-corrected chi connectivity index (χ3v) is 1.85. The Morgan fingerprint density at radius 3 is 1.56 bits per heavy atom. The molecule has 18 heavy (non-hydrogen) atoms. The predicted octanol–water partition coefficient (Wildman–Crippen LogP) is 3.77. The van der Waals surface area contributed by atoms with Crippen molar-refractivity contribution in [2.45, 2.75) is 48.0 Å². The molecular weight excluding hydrogens is 236 g/mol. The highest BCUT2D eigenvalue weighted by Crippen LogP contribution is 2.08. The van der Waals surface area contributed by atoms with E-state index in [2.05, 4.69) is 13.8 Å². The molecule has 1 unspecified atom stereocenters. The second-order valence-corrected chi connectivity index (χ2v) is 4.21. The van der Waals surface area contributed by atoms with Gasteiger partial charge in [0.2, 0.25) is 12.7 Å². The molecule has 108 valence electrons. The van der Waals surface area contributed by atoms with Gasteiger partial charge in [-0.3, -0.25) is 20.2 Å². The van der Waals surface area contributed by atoms with E-state index >= 15 is 0 Å². The number of rotatable bonds is 4. The Labute approximate surface area is 109 Å². The van der Waals surface area contributed by atoms with Crippen LogP contribution in [0.25, 0.3) is 0 Å². The molecule has 0 aliphatic heterocycles. The van der Waals surface area contributed by atoms with E-state index in [0.717, 1.165) is 6.20 Å². The third kappa shape index (κ3) is 29.3. The van der Waals surface area contributed by atoms with Gasteiger partial charge in [0.15, 0.2) is 0 Å². The maximum atomic E-state index is 9.92. The Kier molecular flexibility index (Phi) is 18.8. The van der Waals surface area contributed by atoms with Crippen molar-refractivity contribution in [3.05, 3.63) is 32.5 Å². The molecule has 0 rings (SSSR count). The highest BCUT2D eigenvalue weighted by atomic mass is 16.6. The molecular formula is C12H26N2O4. The van der Waals surface area contributed by atoms with E-state index in [1.54, 1.807) is 6.92 Å². The molecule has 0 bridgehead atoms. The molecule has 0 heterocycles. The highest BCUT2D eigenvalue weighted by molar-refractivity contribution is 4.62. The summed E-state index contributed by atoms with van der Waals surface area (Å²) in [4.78, 5) is 18.5. The summed E-state index contributed by atoms with van der Waals surface area (Å²) in [6.45, 7) is 11.8. The number of allylic oxidation sites excluding steroid dienone is 1. The Morgan fingerprint density at radius 1 is 1.11 bits per heavy atom. The van der Waals surface area contributed by atoms with Crippen LogP contribution in [0.1, 0.15) is 48.0 Å². The van der Waals surface area contributed by atoms with Crippen LogP contribution >= 0.6 is 0 Å². The van der Waals surface area contributed by atoms with Gasteiger partial charge in [0, 0.05) is 10.8 Å². The summed E-state index contributed by atoms with van der Waals surface area (Å²) in [7, 11) is 0. The van der Waals surface area contributed by atoms with Crippen molar-refractivity contribution in [3.8, 4) is 0 Å². The Hall–Kier alpha value is -1.46. The molecule has 0 aliphatic rings. The SMILES string of the molecule is CC(C)C(C)C[N+](=O)[O-].CC=C[N+](=O)[O-].CCC. The Balaban J connectivity index is -0.000000216. The third-order valence-electron chi connectivity index (χ3n) is 1.85. The maximum Gasteiger partial charge on any atom is 0.230 e. The van der Waals surface area contributed by atoms with Gasteiger partial charge in [0.1, 0.15) is 0 Å². The smallest absolute Gasteiger partial charge is 0.230 e. The molecule has 0 radical (unpaired) electrons. The van der Waals surface area contributed by atoms with E-state index < -0.39 is 4.92 Å². The van der Waals surface area contributed by atoms with Gasteiger partial charge in [0.25, 0.3) is 0 Å². The summed E-state index contributed by atoms with van der Waals surface area (Å²) in [5.41, 5.74) is 0. The first-order valence-corrected chi connectivity index (χ1v) is 6.10. The van der Waals surface area contributed by atoms with Gasteiger partial charge in [-0.1, -0.05) is 41.0 Å². The fourth-order valence-corrected chi connectivity index (χ4v) is 0.568. The number of nitrogens with zero attached hydrogens (tertiary/aromatic N) is 2. The van der Waals surface area contributed by atoms with E-state index in [0.29, 0.717) is 5.92 Å². The lowest BCUT2D eigenvalue weighted by molar-refractivity contribution is -0.488. The molecule has 0 aromatic carbocycles. The lowest BCUT2D eigenvalue weighted by Crippen LogP contribution is -2.15. The summed E-state index contributed by atoms with van der Waals surface area (Å²) >= 11 is 0. The summed E-state index contributed by atoms with van der Waals surface area (Å²) in [5.74, 6) is 0.607. The van der Waals surface area contributed by atoms with Crippen LogP contribution in [-0.2, 0) is 0 Å². The number of hydrogen-bond donors (Lipinski definition) is 0. The first-order chi connectivity index (χ1) is 8.22. The van der Waals surface area contributed by atoms with Gasteiger partial charge in [-0.2, -0.15) is 0 Å². The predicted molar refractivity (Wildman–Crippen MR) is 73.6 cm³/mol. The molecule has 0 N–H and O–H groups in total. The van der Waals surface area contributed by atoms with E-state index in [4.69, 9.17) is 0 Å². The van der Waals surface area contributed by atoms with Crippen molar-refractivity contribution < 1.29 is 9.85 Å². The second-order valence-electron chi connectivity index (χ2n) is 4.21. The molecule has 0 aromatic rings. The van der Waals surface area contributed by atoms with Gasteiger partial charge in [-0.25, -0.2) is 0 Å². The molecule has 0 spiro atoms. The fraction of sp³-hybridized carbons (Fsp3) is 0.833. The average molecular weight is 262 g/mol. The fourth-order valence-electron chi connectivity index (χ4n) is 0.568. The zero-order valence-corrected chi connectivity index (χ0v) is 12.3. The maximum absolute atomic E-state index is 9.92. The first-order valence-electron chi connectivity index (χ1n) is 6.10. The minimum Gasteiger partial charge on any atom is -0.265 e. The van der Waals surface area contributed by atoms with Crippen molar-refractivity contribution in [1.82, 2.24) is 0 Å². The molecule has 6 heteroatoms. The lowest BCUT2D eigenvalue weighted by atomic mass is 9.99. The van der Waals surface area contributed by atoms with Crippen molar-refractivity contribution in [2.24, 2.45) is 11.8 Å². The average Bonchev–Trinajstić information content (AvgIpc) is 2.18. The summed E-state index contributed by atoms with van der Waals surface area (Å²) in [5, 5.41) is 19.2. The van der Waals surface area contributed by atoms with E-state index in [9.17, 15) is 20.2 Å². The molecule has 0 amide bonds. The monoisotopic (exact) mass is 262 g/mol. The van der Waals surface area contributed by atoms with Gasteiger partial charge in [-0.15, -0.1) is 0 Å². The van der Waals surface area contributed by atoms with Crippen LogP contribution in [-0.4, -0.2) is 16.4 Å². The van der Waals surface area contributed by atoms with Gasteiger partial charge in [-0.05, 0) is 18.9 Å². The van der Waals surface area contributed by atoms with Crippen LogP contribution in [0.4, 0.5) is 0 Å². The van der Waals surface area contributed by atoms with Crippen molar-refractivity contribution in [3.63, 3.8) is 0 Å². The van der Waals surface area contributed by atoms with Gasteiger partial charge >= 0.3 is 0 Å². The normalized spacial score (nSPS) is 11.1. The van der Waals surface area contributed by atoms with Crippen molar-refractivity contribution in [1.29, 1.82) is 0 Å². The zero-order chi connectivity index (χ0) is 15.1. The summed E-state index contributed by atoms with van der Waals surface area (Å²) < 4.78 is 0. The number of hydrogen-bond acceptors (Lipinski definition) is 4. The van der Waals surface area contributed by atoms with Crippen LogP contribution < -0.4 is 0 Å². The van der Waals surface area contributed by atoms with E-state index in [1.807, 2.05) is 20.8 Å². The molecule has 1 atom stereocenters. The zero-order valence-electron chi connectivity index (χ0n) is 12.3. The minimum absolute atomic E-state index is 0.0949. The van der Waals surface area contributed by atoms with E-state index in [1.165, 1.54) is 12.5 Å². The molecule has 0 fully saturated rings. The van der Waals surface area contributed by atoms with Crippen molar-refractivity contribution >= 4 is 0 Å². The topological polar surface area (TPSA) is 86.3 Å². The summed E-state index contributed by atoms with van der Waals surface area (Å²) in [6.07, 6.45) is 3.51. The van der Waals surface area contributed by atoms with Crippen LogP contribution in [0.2, 0.25) is 0 Å². The Morgan fingerprint density at radius 2 is 1.50 bits per heavy atom. The Bertz CT molecular complexity index is 240. The van der Waals surface area contributed by atoms with Crippen molar-refractivity contribution in [2.75, 3.05) is 6.54 Å². The standard InChI is InChI=1S/C6H13NO2.C3H5NO2.C3H8/c1-5(2)6(3)4-7(8)9;1-2-3-4(5)6;1-3-2/h5-6H,4H2,1-3H3;2-3H,1H3;3H2,1-2H3. The molecule has 0 saturated carbocycles. The summed E-state index contributed by atoms with van der Waals surface area (Å²) in [6, 6.07) is 0. The van der Waals surface area contributed by atoms with Crippen LogP contribution in [0.5, 0.6) is 0 Å². The molecule has 0 aliphatic carbocycles. The van der Waals surface area contributed by atoms with Gasteiger partial charge in [0.05, 0.1) is 4.92 Å². The van der Waals surface area contributed by atoms with Crippen LogP contribution in [0.3, 0.4) is 0 Å². The number of nitro groups is 2.